The number of hydrogen-bond donors (Lipinski definition) is 0. The topological polar surface area (TPSA) is 9.23 Å². The third-order valence-electron chi connectivity index (χ3n) is 9.01. The van der Waals surface area contributed by atoms with Crippen LogP contribution in [0.3, 0.4) is 0 Å². The molecule has 0 N–H and O–H groups in total. The molecule has 4 fully saturated rings. The van der Waals surface area contributed by atoms with E-state index in [2.05, 4.69) is 4.74 Å². The molecule has 0 aromatic rings. The molecule has 0 bridgehead atoms. The van der Waals surface area contributed by atoms with E-state index in [0.29, 0.717) is 11.8 Å². The predicted octanol–water partition coefficient (Wildman–Crippen LogP) is 8.08. The second-order valence-corrected chi connectivity index (χ2v) is 11.9. The smallest absolute Gasteiger partial charge is 0.317 e. The third kappa shape index (κ3) is 6.00. The van der Waals surface area contributed by atoms with Gasteiger partial charge in [0.05, 0.1) is 6.10 Å². The fourth-order valence-corrected chi connectivity index (χ4v) is 7.55. The Morgan fingerprint density at radius 2 is 1.12 bits per heavy atom. The Bertz CT molecular complexity index is 637. The Balaban J connectivity index is 1.30. The van der Waals surface area contributed by atoms with E-state index in [1.807, 2.05) is 0 Å². The Kier molecular flexibility index (Phi) is 8.69. The molecule has 4 aliphatic rings. The Morgan fingerprint density at radius 3 is 1.65 bits per heavy atom. The van der Waals surface area contributed by atoms with Gasteiger partial charge in [-0.3, -0.25) is 0 Å². The molecular weight excluding hydrogens is 485 g/mol. The highest BCUT2D eigenvalue weighted by Gasteiger charge is 2.57. The lowest BCUT2D eigenvalue weighted by molar-refractivity contribution is -0.323. The van der Waals surface area contributed by atoms with Gasteiger partial charge in [0.25, 0.3) is 0 Å². The van der Waals surface area contributed by atoms with Crippen molar-refractivity contribution in [1.82, 2.24) is 0 Å². The summed E-state index contributed by atoms with van der Waals surface area (Å²) in [5, 5.41) is 0.230. The maximum Gasteiger partial charge on any atom is 0.364 e. The van der Waals surface area contributed by atoms with Gasteiger partial charge in [-0.25, -0.2) is 22.0 Å². The summed E-state index contributed by atoms with van der Waals surface area (Å²) in [6, 6.07) is 0. The average Bonchev–Trinajstić information content (AvgIpc) is 2.76. The summed E-state index contributed by atoms with van der Waals surface area (Å²) in [6.45, 7) is 0. The molecule has 0 aromatic heterocycles. The zero-order chi connectivity index (χ0) is 24.6. The van der Waals surface area contributed by atoms with Crippen LogP contribution in [0.2, 0.25) is 0 Å². The number of ether oxygens (including phenoxy) is 1. The van der Waals surface area contributed by atoms with Gasteiger partial charge < -0.3 is 4.74 Å². The highest BCUT2D eigenvalue weighted by Crippen LogP contribution is 2.50. The Hall–Kier alpha value is -0.240. The molecule has 34 heavy (non-hydrogen) atoms. The first kappa shape index (κ1) is 26.8. The van der Waals surface area contributed by atoms with Gasteiger partial charge in [-0.2, -0.15) is 8.78 Å². The van der Waals surface area contributed by atoms with Gasteiger partial charge in [0.2, 0.25) is 0 Å². The zero-order valence-electron chi connectivity index (χ0n) is 19.3. The minimum Gasteiger partial charge on any atom is -0.317 e. The molecule has 0 aromatic carbocycles. The van der Waals surface area contributed by atoms with Crippen LogP contribution in [0.15, 0.2) is 0 Å². The van der Waals surface area contributed by atoms with Gasteiger partial charge in [0.1, 0.15) is 30.6 Å². The number of halogens is 8. The molecule has 1 nitrogen and oxygen atoms in total. The van der Waals surface area contributed by atoms with Crippen LogP contribution >= 0.6 is 11.6 Å². The van der Waals surface area contributed by atoms with Crippen molar-refractivity contribution < 1.29 is 35.5 Å². The molecule has 9 heteroatoms. The molecule has 4 saturated carbocycles. The monoisotopic (exact) mass is 520 g/mol. The van der Waals surface area contributed by atoms with Crippen molar-refractivity contribution in [1.29, 1.82) is 0 Å². The highest BCUT2D eigenvalue weighted by molar-refractivity contribution is 6.20. The molecule has 0 radical (unpaired) electrons. The van der Waals surface area contributed by atoms with Crippen molar-refractivity contribution >= 4 is 11.6 Å². The Morgan fingerprint density at radius 1 is 0.588 bits per heavy atom. The lowest BCUT2D eigenvalue weighted by Gasteiger charge is -2.44. The molecule has 6 unspecified atom stereocenters. The van der Waals surface area contributed by atoms with Gasteiger partial charge in [-0.1, -0.05) is 12.8 Å². The lowest BCUT2D eigenvalue weighted by Crippen LogP contribution is -2.52. The molecule has 0 heterocycles. The van der Waals surface area contributed by atoms with Crippen LogP contribution in [0, 0.1) is 29.6 Å². The summed E-state index contributed by atoms with van der Waals surface area (Å²) < 4.78 is 104. The predicted molar refractivity (Wildman–Crippen MR) is 117 cm³/mol. The van der Waals surface area contributed by atoms with Crippen molar-refractivity contribution in [3.8, 4) is 0 Å². The van der Waals surface area contributed by atoms with E-state index in [4.69, 9.17) is 11.6 Å². The quantitative estimate of drug-likeness (QED) is 0.263. The molecule has 0 saturated heterocycles. The van der Waals surface area contributed by atoms with E-state index in [0.717, 1.165) is 44.9 Å². The van der Waals surface area contributed by atoms with E-state index in [1.165, 1.54) is 6.42 Å². The van der Waals surface area contributed by atoms with Crippen LogP contribution in [0.5, 0.6) is 0 Å². The standard InChI is InChI=1S/C25H36ClF7O/c26-17-3-1-2-15(8-17)13-4-6-14(7-5-13)16-9-19(27)23(20(28)10-16)25(32,33)34-18-11-21(29)24(31)22(30)12-18/h13-24H,1-12H2. The molecule has 6 atom stereocenters. The maximum atomic E-state index is 15.0. The molecule has 198 valence electrons. The summed E-state index contributed by atoms with van der Waals surface area (Å²) in [5.74, 6) is -1.34. The molecular formula is C25H36ClF7O. The largest absolute Gasteiger partial charge is 0.364 e. The van der Waals surface area contributed by atoms with Gasteiger partial charge in [0, 0.05) is 18.2 Å². The normalized spacial score (nSPS) is 49.1. The molecule has 0 amide bonds. The minimum absolute atomic E-state index is 0.109. The summed E-state index contributed by atoms with van der Waals surface area (Å²) in [7, 11) is 0. The van der Waals surface area contributed by atoms with Crippen LogP contribution in [0.1, 0.15) is 77.0 Å². The lowest BCUT2D eigenvalue weighted by atomic mass is 9.65. The van der Waals surface area contributed by atoms with Gasteiger partial charge in [0.15, 0.2) is 6.17 Å². The Labute approximate surface area is 202 Å². The third-order valence-corrected chi connectivity index (χ3v) is 9.41. The first-order valence-corrected chi connectivity index (χ1v) is 13.4. The maximum absolute atomic E-state index is 15.0. The summed E-state index contributed by atoms with van der Waals surface area (Å²) in [5.41, 5.74) is 0. The first-order chi connectivity index (χ1) is 16.0. The van der Waals surface area contributed by atoms with Crippen LogP contribution in [0.4, 0.5) is 30.7 Å². The van der Waals surface area contributed by atoms with Crippen molar-refractivity contribution in [2.24, 2.45) is 29.6 Å². The highest BCUT2D eigenvalue weighted by atomic mass is 35.5. The van der Waals surface area contributed by atoms with Crippen molar-refractivity contribution in [3.63, 3.8) is 0 Å². The minimum atomic E-state index is -4.21. The number of rotatable bonds is 5. The van der Waals surface area contributed by atoms with E-state index >= 15 is 0 Å². The van der Waals surface area contributed by atoms with Gasteiger partial charge in [-0.15, -0.1) is 11.6 Å². The SMILES string of the molecule is FC1CC(OC(F)(F)C2C(F)CC(C3CCC(C4CCCC(Cl)C4)CC3)CC2F)CC(F)C1F. The second kappa shape index (κ2) is 11.0. The fourth-order valence-electron chi connectivity index (χ4n) is 7.16. The van der Waals surface area contributed by atoms with E-state index in [1.54, 1.807) is 0 Å². The summed E-state index contributed by atoms with van der Waals surface area (Å²) in [4.78, 5) is 0. The van der Waals surface area contributed by atoms with E-state index in [-0.39, 0.29) is 30.1 Å². The summed E-state index contributed by atoms with van der Waals surface area (Å²) in [6.07, 6.45) is -10.8. The fraction of sp³-hybridized carbons (Fsp3) is 1.00. The molecule has 0 spiro atoms. The summed E-state index contributed by atoms with van der Waals surface area (Å²) >= 11 is 6.34. The van der Waals surface area contributed by atoms with Gasteiger partial charge in [-0.05, 0) is 75.0 Å². The van der Waals surface area contributed by atoms with Crippen LogP contribution in [-0.2, 0) is 4.74 Å². The van der Waals surface area contributed by atoms with Crippen molar-refractivity contribution in [2.45, 2.75) is 125 Å². The van der Waals surface area contributed by atoms with Crippen LogP contribution in [0.25, 0.3) is 0 Å². The first-order valence-electron chi connectivity index (χ1n) is 12.9. The average molecular weight is 521 g/mol. The zero-order valence-corrected chi connectivity index (χ0v) is 20.1. The van der Waals surface area contributed by atoms with Crippen molar-refractivity contribution in [3.05, 3.63) is 0 Å². The van der Waals surface area contributed by atoms with Gasteiger partial charge >= 0.3 is 6.11 Å². The second-order valence-electron chi connectivity index (χ2n) is 11.2. The van der Waals surface area contributed by atoms with E-state index < -0.39 is 61.8 Å². The van der Waals surface area contributed by atoms with Crippen LogP contribution < -0.4 is 0 Å². The van der Waals surface area contributed by atoms with E-state index in [9.17, 15) is 30.7 Å². The molecule has 0 aliphatic heterocycles. The number of hydrogen-bond acceptors (Lipinski definition) is 1. The van der Waals surface area contributed by atoms with Crippen molar-refractivity contribution in [2.75, 3.05) is 0 Å². The molecule has 4 aliphatic carbocycles. The van der Waals surface area contributed by atoms with Crippen LogP contribution in [-0.4, -0.2) is 48.4 Å². The number of alkyl halides is 8. The molecule has 4 rings (SSSR count).